The van der Waals surface area contributed by atoms with E-state index in [-0.39, 0.29) is 24.7 Å². The van der Waals surface area contributed by atoms with Crippen molar-refractivity contribution in [3.63, 3.8) is 0 Å². The summed E-state index contributed by atoms with van der Waals surface area (Å²) in [5.41, 5.74) is 0.162. The molecule has 0 saturated carbocycles. The third kappa shape index (κ3) is 2.79. The molecule has 5 nitrogen and oxygen atoms in total. The van der Waals surface area contributed by atoms with Gasteiger partial charge >= 0.3 is 11.9 Å². The summed E-state index contributed by atoms with van der Waals surface area (Å²) in [7, 11) is 0. The Morgan fingerprint density at radius 3 is 2.33 bits per heavy atom. The Morgan fingerprint density at radius 1 is 1.12 bits per heavy atom. The quantitative estimate of drug-likeness (QED) is 0.774. The SMILES string of the molecule is CCOC(=O)C1=C(C)c2ccccc2O[C@@]1(C(=O)OCC)C(C)C. The number of para-hydroxylation sites is 1. The molecule has 1 atom stereocenters. The molecule has 2 rings (SSSR count). The van der Waals surface area contributed by atoms with Gasteiger partial charge < -0.3 is 14.2 Å². The highest BCUT2D eigenvalue weighted by atomic mass is 16.6. The number of esters is 2. The van der Waals surface area contributed by atoms with Crippen LogP contribution < -0.4 is 4.74 Å². The summed E-state index contributed by atoms with van der Waals surface area (Å²) in [4.78, 5) is 25.5. The van der Waals surface area contributed by atoms with Crippen LogP contribution in [-0.2, 0) is 19.1 Å². The maximum atomic E-state index is 12.8. The van der Waals surface area contributed by atoms with Gasteiger partial charge in [-0.3, -0.25) is 0 Å². The molecule has 0 fully saturated rings. The lowest BCUT2D eigenvalue weighted by Gasteiger charge is -2.40. The van der Waals surface area contributed by atoms with E-state index in [1.165, 1.54) is 0 Å². The fourth-order valence-corrected chi connectivity index (χ4v) is 3.04. The Labute approximate surface area is 142 Å². The summed E-state index contributed by atoms with van der Waals surface area (Å²) in [6.45, 7) is 9.34. The van der Waals surface area contributed by atoms with Crippen LogP contribution in [0.5, 0.6) is 5.75 Å². The predicted octanol–water partition coefficient (Wildman–Crippen LogP) is 3.37. The highest BCUT2D eigenvalue weighted by Crippen LogP contribution is 2.45. The molecule has 130 valence electrons. The Bertz CT molecular complexity index is 674. The van der Waals surface area contributed by atoms with E-state index in [4.69, 9.17) is 14.2 Å². The maximum absolute atomic E-state index is 12.8. The number of allylic oxidation sites excluding steroid dienone is 1. The van der Waals surface area contributed by atoms with E-state index >= 15 is 0 Å². The summed E-state index contributed by atoms with van der Waals surface area (Å²) in [5, 5.41) is 0. The second-order valence-corrected chi connectivity index (χ2v) is 5.93. The maximum Gasteiger partial charge on any atom is 0.355 e. The summed E-state index contributed by atoms with van der Waals surface area (Å²) in [6, 6.07) is 7.34. The molecule has 1 aromatic carbocycles. The first-order valence-electron chi connectivity index (χ1n) is 8.24. The molecule has 1 heterocycles. The van der Waals surface area contributed by atoms with Crippen LogP contribution in [0.1, 0.15) is 40.2 Å². The zero-order valence-electron chi connectivity index (χ0n) is 14.8. The monoisotopic (exact) mass is 332 g/mol. The highest BCUT2D eigenvalue weighted by Gasteiger charge is 2.55. The fraction of sp³-hybridized carbons (Fsp3) is 0.474. The van der Waals surface area contributed by atoms with Gasteiger partial charge in [0, 0.05) is 11.5 Å². The van der Waals surface area contributed by atoms with Crippen LogP contribution in [0.3, 0.4) is 0 Å². The number of rotatable bonds is 5. The minimum absolute atomic E-state index is 0.202. The Hall–Kier alpha value is -2.30. The molecule has 1 aliphatic heterocycles. The lowest BCUT2D eigenvalue weighted by atomic mass is 9.77. The van der Waals surface area contributed by atoms with Crippen molar-refractivity contribution in [2.75, 3.05) is 13.2 Å². The molecular weight excluding hydrogens is 308 g/mol. The van der Waals surface area contributed by atoms with Crippen molar-refractivity contribution in [1.82, 2.24) is 0 Å². The van der Waals surface area contributed by atoms with E-state index < -0.39 is 17.5 Å². The average Bonchev–Trinajstić information content (AvgIpc) is 2.54. The Balaban J connectivity index is 2.74. The summed E-state index contributed by atoms with van der Waals surface area (Å²) >= 11 is 0. The van der Waals surface area contributed by atoms with Gasteiger partial charge in [-0.25, -0.2) is 9.59 Å². The predicted molar refractivity (Wildman–Crippen MR) is 90.5 cm³/mol. The van der Waals surface area contributed by atoms with Gasteiger partial charge in [-0.15, -0.1) is 0 Å². The third-order valence-electron chi connectivity index (χ3n) is 4.18. The van der Waals surface area contributed by atoms with Crippen LogP contribution in [0.2, 0.25) is 0 Å². The van der Waals surface area contributed by atoms with Crippen molar-refractivity contribution in [3.05, 3.63) is 35.4 Å². The van der Waals surface area contributed by atoms with E-state index in [1.807, 2.05) is 39.0 Å². The number of hydrogen-bond donors (Lipinski definition) is 0. The van der Waals surface area contributed by atoms with Gasteiger partial charge in [0.1, 0.15) is 5.75 Å². The molecule has 0 aliphatic carbocycles. The number of fused-ring (bicyclic) bond motifs is 1. The number of carbonyl (C=O) groups is 2. The number of benzene rings is 1. The first-order valence-corrected chi connectivity index (χ1v) is 8.24. The summed E-state index contributed by atoms with van der Waals surface area (Å²) < 4.78 is 16.6. The van der Waals surface area contributed by atoms with Gasteiger partial charge in [-0.2, -0.15) is 0 Å². The molecule has 24 heavy (non-hydrogen) atoms. The van der Waals surface area contributed by atoms with Gasteiger partial charge in [0.25, 0.3) is 0 Å². The lowest BCUT2D eigenvalue weighted by molar-refractivity contribution is -0.165. The molecule has 5 heteroatoms. The fourth-order valence-electron chi connectivity index (χ4n) is 3.04. The van der Waals surface area contributed by atoms with Crippen molar-refractivity contribution in [1.29, 1.82) is 0 Å². The van der Waals surface area contributed by atoms with Crippen LogP contribution >= 0.6 is 0 Å². The normalized spacial score (nSPS) is 19.6. The Morgan fingerprint density at radius 2 is 1.75 bits per heavy atom. The summed E-state index contributed by atoms with van der Waals surface area (Å²) in [6.07, 6.45) is 0. The molecule has 0 saturated heterocycles. The van der Waals surface area contributed by atoms with E-state index in [9.17, 15) is 9.59 Å². The smallest absolute Gasteiger partial charge is 0.355 e. The third-order valence-corrected chi connectivity index (χ3v) is 4.18. The molecule has 0 spiro atoms. The first-order chi connectivity index (χ1) is 11.4. The van der Waals surface area contributed by atoms with E-state index in [2.05, 4.69) is 0 Å². The van der Waals surface area contributed by atoms with Crippen LogP contribution in [-0.4, -0.2) is 30.8 Å². The number of ether oxygens (including phenoxy) is 3. The Kier molecular flexibility index (Phi) is 5.32. The van der Waals surface area contributed by atoms with Gasteiger partial charge in [0.05, 0.1) is 18.8 Å². The second-order valence-electron chi connectivity index (χ2n) is 5.93. The van der Waals surface area contributed by atoms with Crippen LogP contribution in [0, 0.1) is 5.92 Å². The van der Waals surface area contributed by atoms with Crippen molar-refractivity contribution in [3.8, 4) is 5.75 Å². The lowest BCUT2D eigenvalue weighted by Crippen LogP contribution is -2.55. The molecule has 0 N–H and O–H groups in total. The average molecular weight is 332 g/mol. The van der Waals surface area contributed by atoms with Crippen molar-refractivity contribution in [2.45, 2.75) is 40.2 Å². The molecule has 0 radical (unpaired) electrons. The van der Waals surface area contributed by atoms with Gasteiger partial charge in [-0.1, -0.05) is 32.0 Å². The molecule has 0 bridgehead atoms. The molecule has 0 amide bonds. The second kappa shape index (κ2) is 7.07. The van der Waals surface area contributed by atoms with Gasteiger partial charge in [0.2, 0.25) is 5.60 Å². The zero-order chi connectivity index (χ0) is 17.9. The van der Waals surface area contributed by atoms with E-state index in [0.29, 0.717) is 11.3 Å². The molecule has 0 unspecified atom stereocenters. The van der Waals surface area contributed by atoms with Gasteiger partial charge in [-0.05, 0) is 32.4 Å². The first kappa shape index (κ1) is 18.0. The standard InChI is InChI=1S/C19H24O5/c1-6-22-17(20)16-13(5)14-10-8-9-11-15(14)24-19(16,12(3)4)18(21)23-7-2/h8-12H,6-7H2,1-5H3/t19-/m0/s1. The number of hydrogen-bond acceptors (Lipinski definition) is 5. The molecule has 1 aromatic rings. The minimum atomic E-state index is -1.51. The molecule has 0 aromatic heterocycles. The zero-order valence-corrected chi connectivity index (χ0v) is 14.8. The minimum Gasteiger partial charge on any atom is -0.470 e. The molecular formula is C19H24O5. The van der Waals surface area contributed by atoms with Crippen LogP contribution in [0.25, 0.3) is 5.57 Å². The van der Waals surface area contributed by atoms with Crippen molar-refractivity contribution >= 4 is 17.5 Å². The van der Waals surface area contributed by atoms with Gasteiger partial charge in [0.15, 0.2) is 0 Å². The van der Waals surface area contributed by atoms with Crippen LogP contribution in [0.15, 0.2) is 29.8 Å². The highest BCUT2D eigenvalue weighted by molar-refractivity contribution is 6.08. The summed E-state index contributed by atoms with van der Waals surface area (Å²) in [5.74, 6) is -0.882. The largest absolute Gasteiger partial charge is 0.470 e. The van der Waals surface area contributed by atoms with E-state index in [0.717, 1.165) is 5.56 Å². The van der Waals surface area contributed by atoms with E-state index in [1.54, 1.807) is 19.9 Å². The van der Waals surface area contributed by atoms with Crippen molar-refractivity contribution < 1.29 is 23.8 Å². The van der Waals surface area contributed by atoms with Crippen molar-refractivity contribution in [2.24, 2.45) is 5.92 Å². The van der Waals surface area contributed by atoms with Crippen LogP contribution in [0.4, 0.5) is 0 Å². The molecule has 1 aliphatic rings. The number of carbonyl (C=O) groups excluding carboxylic acids is 2. The topological polar surface area (TPSA) is 61.8 Å².